The molecule has 0 spiro atoms. The number of aliphatic hydroxyl groups is 1. The summed E-state index contributed by atoms with van der Waals surface area (Å²) in [6, 6.07) is 11.6. The molecule has 0 aromatic heterocycles. The minimum Gasteiger partial charge on any atom is -0.507 e. The quantitative estimate of drug-likeness (QED) is 0.382. The van der Waals surface area contributed by atoms with Crippen molar-refractivity contribution >= 4 is 17.4 Å². The first-order valence-corrected chi connectivity index (χ1v) is 10.4. The number of amides is 1. The zero-order valence-corrected chi connectivity index (χ0v) is 19.0. The second-order valence-electron chi connectivity index (χ2n) is 7.87. The number of ketones is 1. The summed E-state index contributed by atoms with van der Waals surface area (Å²) in [5.41, 5.74) is 2.10. The lowest BCUT2D eigenvalue weighted by molar-refractivity contribution is -0.140. The lowest BCUT2D eigenvalue weighted by Gasteiger charge is -2.25. The topological polar surface area (TPSA) is 85.3 Å². The summed E-state index contributed by atoms with van der Waals surface area (Å²) in [6.07, 6.45) is 0. The molecule has 1 aliphatic rings. The third-order valence-electron chi connectivity index (χ3n) is 5.63. The third kappa shape index (κ3) is 4.34. The van der Waals surface area contributed by atoms with E-state index in [1.54, 1.807) is 56.7 Å². The number of rotatable bonds is 8. The number of carbonyl (C=O) groups is 2. The van der Waals surface area contributed by atoms with E-state index in [9.17, 15) is 14.7 Å². The minimum atomic E-state index is -0.736. The summed E-state index contributed by atoms with van der Waals surface area (Å²) in [5.74, 6) is -0.112. The first-order valence-electron chi connectivity index (χ1n) is 10.4. The van der Waals surface area contributed by atoms with Crippen molar-refractivity contribution in [3.05, 3.63) is 64.7 Å². The lowest BCUT2D eigenvalue weighted by Crippen LogP contribution is -2.32. The largest absolute Gasteiger partial charge is 0.507 e. The summed E-state index contributed by atoms with van der Waals surface area (Å²) in [4.78, 5) is 27.4. The van der Waals surface area contributed by atoms with Crippen LogP contribution in [0.1, 0.15) is 42.5 Å². The Morgan fingerprint density at radius 3 is 2.28 bits per heavy atom. The summed E-state index contributed by atoms with van der Waals surface area (Å²) in [5, 5.41) is 11.2. The van der Waals surface area contributed by atoms with E-state index in [2.05, 4.69) is 0 Å². The van der Waals surface area contributed by atoms with Crippen LogP contribution in [0.2, 0.25) is 0 Å². The first kappa shape index (κ1) is 23.3. The molecule has 170 valence electrons. The van der Waals surface area contributed by atoms with Gasteiger partial charge in [-0.05, 0) is 47.4 Å². The number of hydrogen-bond donors (Lipinski definition) is 1. The normalized spacial score (nSPS) is 17.8. The van der Waals surface area contributed by atoms with Crippen LogP contribution < -0.4 is 9.47 Å². The smallest absolute Gasteiger partial charge is 0.295 e. The monoisotopic (exact) mass is 439 g/mol. The van der Waals surface area contributed by atoms with Crippen molar-refractivity contribution in [1.29, 1.82) is 0 Å². The Hall–Kier alpha value is -3.32. The van der Waals surface area contributed by atoms with E-state index < -0.39 is 17.7 Å². The van der Waals surface area contributed by atoms with Crippen molar-refractivity contribution in [2.45, 2.75) is 25.8 Å². The van der Waals surface area contributed by atoms with Gasteiger partial charge in [-0.2, -0.15) is 0 Å². The highest BCUT2D eigenvalue weighted by Gasteiger charge is 2.45. The number of likely N-dealkylation sites (tertiary alicyclic amines) is 1. The van der Waals surface area contributed by atoms with Gasteiger partial charge in [-0.25, -0.2) is 0 Å². The molecule has 7 heteroatoms. The highest BCUT2D eigenvalue weighted by Crippen LogP contribution is 2.40. The maximum Gasteiger partial charge on any atom is 0.295 e. The molecular formula is C25H29NO6. The number of hydrogen-bond acceptors (Lipinski definition) is 6. The predicted molar refractivity (Wildman–Crippen MR) is 121 cm³/mol. The van der Waals surface area contributed by atoms with Gasteiger partial charge in [0.2, 0.25) is 0 Å². The summed E-state index contributed by atoms with van der Waals surface area (Å²) in [6.45, 7) is 4.51. The Morgan fingerprint density at radius 2 is 1.72 bits per heavy atom. The maximum absolute atomic E-state index is 13.0. The molecule has 1 aliphatic heterocycles. The van der Waals surface area contributed by atoms with Crippen molar-refractivity contribution in [2.24, 2.45) is 0 Å². The molecule has 0 aliphatic carbocycles. The molecule has 2 aromatic carbocycles. The molecule has 0 saturated carbocycles. The van der Waals surface area contributed by atoms with Crippen molar-refractivity contribution in [1.82, 2.24) is 4.90 Å². The molecule has 3 rings (SSSR count). The van der Waals surface area contributed by atoms with Gasteiger partial charge in [-0.15, -0.1) is 0 Å². The van der Waals surface area contributed by atoms with Crippen LogP contribution in [-0.4, -0.2) is 56.2 Å². The van der Waals surface area contributed by atoms with Gasteiger partial charge in [0, 0.05) is 19.2 Å². The van der Waals surface area contributed by atoms with Gasteiger partial charge < -0.3 is 24.2 Å². The molecule has 7 nitrogen and oxygen atoms in total. The van der Waals surface area contributed by atoms with Crippen LogP contribution in [0.3, 0.4) is 0 Å². The highest BCUT2D eigenvalue weighted by atomic mass is 16.5. The SMILES string of the molecule is COCCN1C(=O)C(=O)/C(=C(\O)c2ccc(OC)c(C(C)C)c2)C1c1ccc(OC)cc1. The lowest BCUT2D eigenvalue weighted by atomic mass is 9.93. The standard InChI is InChI=1S/C25H29NO6/c1-15(2)19-14-17(8-11-20(19)32-5)23(27)21-22(16-6-9-18(31-4)10-7-16)26(12-13-30-3)25(29)24(21)28/h6-11,14-15,22,27H,12-13H2,1-5H3/b23-21-. The van der Waals surface area contributed by atoms with Gasteiger partial charge in [0.25, 0.3) is 11.7 Å². The van der Waals surface area contributed by atoms with Crippen molar-refractivity contribution in [3.8, 4) is 11.5 Å². The summed E-state index contributed by atoms with van der Waals surface area (Å²) >= 11 is 0. The number of benzene rings is 2. The van der Waals surface area contributed by atoms with Crippen LogP contribution in [0.4, 0.5) is 0 Å². The van der Waals surface area contributed by atoms with E-state index in [-0.39, 0.29) is 30.4 Å². The van der Waals surface area contributed by atoms with Gasteiger partial charge in [-0.1, -0.05) is 26.0 Å². The fourth-order valence-electron chi connectivity index (χ4n) is 3.92. The Bertz CT molecular complexity index is 1030. The number of ether oxygens (including phenoxy) is 3. The van der Waals surface area contributed by atoms with Crippen molar-refractivity contribution in [3.63, 3.8) is 0 Å². The fraction of sp³-hybridized carbons (Fsp3) is 0.360. The van der Waals surface area contributed by atoms with Crippen LogP contribution in [0.5, 0.6) is 11.5 Å². The molecule has 1 saturated heterocycles. The molecule has 0 radical (unpaired) electrons. The van der Waals surface area contributed by atoms with Gasteiger partial charge >= 0.3 is 0 Å². The van der Waals surface area contributed by atoms with E-state index in [1.807, 2.05) is 13.8 Å². The Morgan fingerprint density at radius 1 is 1.03 bits per heavy atom. The fourth-order valence-corrected chi connectivity index (χ4v) is 3.92. The highest BCUT2D eigenvalue weighted by molar-refractivity contribution is 6.46. The molecule has 1 amide bonds. The molecule has 1 unspecified atom stereocenters. The van der Waals surface area contributed by atoms with Gasteiger partial charge in [0.15, 0.2) is 0 Å². The first-order chi connectivity index (χ1) is 15.3. The molecule has 1 heterocycles. The summed E-state index contributed by atoms with van der Waals surface area (Å²) in [7, 11) is 4.69. The predicted octanol–water partition coefficient (Wildman–Crippen LogP) is 3.90. The maximum atomic E-state index is 13.0. The number of methoxy groups -OCH3 is 3. The molecule has 1 N–H and O–H groups in total. The number of nitrogens with zero attached hydrogens (tertiary/aromatic N) is 1. The molecule has 2 aromatic rings. The Balaban J connectivity index is 2.17. The minimum absolute atomic E-state index is 0.0520. The van der Waals surface area contributed by atoms with E-state index in [4.69, 9.17) is 14.2 Å². The van der Waals surface area contributed by atoms with E-state index in [0.29, 0.717) is 22.6 Å². The van der Waals surface area contributed by atoms with Gasteiger partial charge in [0.05, 0.1) is 32.4 Å². The number of Topliss-reactive ketones (excluding diaryl/α,β-unsaturated/α-hetero) is 1. The van der Waals surface area contributed by atoms with Crippen LogP contribution >= 0.6 is 0 Å². The molecule has 0 bridgehead atoms. The van der Waals surface area contributed by atoms with Crippen molar-refractivity contribution < 1.29 is 28.9 Å². The molecule has 32 heavy (non-hydrogen) atoms. The van der Waals surface area contributed by atoms with Crippen LogP contribution in [-0.2, 0) is 14.3 Å². The van der Waals surface area contributed by atoms with Crippen molar-refractivity contribution in [2.75, 3.05) is 34.5 Å². The van der Waals surface area contributed by atoms with E-state index in [0.717, 1.165) is 5.56 Å². The average molecular weight is 440 g/mol. The zero-order valence-electron chi connectivity index (χ0n) is 19.0. The second-order valence-corrected chi connectivity index (χ2v) is 7.87. The third-order valence-corrected chi connectivity index (χ3v) is 5.63. The molecular weight excluding hydrogens is 410 g/mol. The number of aliphatic hydroxyl groups excluding tert-OH is 1. The van der Waals surface area contributed by atoms with Crippen LogP contribution in [0.15, 0.2) is 48.0 Å². The average Bonchev–Trinajstić information content (AvgIpc) is 3.06. The zero-order chi connectivity index (χ0) is 23.4. The number of carbonyl (C=O) groups excluding carboxylic acids is 2. The van der Waals surface area contributed by atoms with Gasteiger partial charge in [0.1, 0.15) is 17.3 Å². The molecule has 1 atom stereocenters. The Labute approximate surface area is 188 Å². The van der Waals surface area contributed by atoms with Crippen LogP contribution in [0, 0.1) is 0 Å². The molecule has 1 fully saturated rings. The Kier molecular flexibility index (Phi) is 7.20. The van der Waals surface area contributed by atoms with Crippen LogP contribution in [0.25, 0.3) is 5.76 Å². The van der Waals surface area contributed by atoms with Gasteiger partial charge in [-0.3, -0.25) is 9.59 Å². The van der Waals surface area contributed by atoms with E-state index in [1.165, 1.54) is 12.0 Å². The van der Waals surface area contributed by atoms with E-state index >= 15 is 0 Å². The summed E-state index contributed by atoms with van der Waals surface area (Å²) < 4.78 is 15.8. The second kappa shape index (κ2) is 9.87.